The number of rotatable bonds is 17. The summed E-state index contributed by atoms with van der Waals surface area (Å²) < 4.78 is 38.4. The number of methoxy groups -OCH3 is 1. The summed E-state index contributed by atoms with van der Waals surface area (Å²) in [5.74, 6) is 0. The van der Waals surface area contributed by atoms with E-state index in [1.165, 1.54) is 11.1 Å². The van der Waals surface area contributed by atoms with Crippen LogP contribution in [0.1, 0.15) is 27.8 Å². The first kappa shape index (κ1) is 33.0. The van der Waals surface area contributed by atoms with Crippen molar-refractivity contribution in [2.45, 2.75) is 63.4 Å². The molecule has 5 rings (SSSR count). The number of hydrogen-bond donors (Lipinski definition) is 1. The molecule has 1 fully saturated rings. The van der Waals surface area contributed by atoms with Crippen LogP contribution in [0.5, 0.6) is 0 Å². The fourth-order valence-corrected chi connectivity index (χ4v) is 5.50. The molecule has 5 atom stereocenters. The number of nitrogens with two attached hydrogens (primary N) is 1. The van der Waals surface area contributed by atoms with Crippen LogP contribution >= 0.6 is 0 Å². The van der Waals surface area contributed by atoms with Gasteiger partial charge in [-0.2, -0.15) is 0 Å². The Kier molecular flexibility index (Phi) is 13.1. The minimum Gasteiger partial charge on any atom is -0.378 e. The molecule has 0 saturated carbocycles. The van der Waals surface area contributed by atoms with E-state index in [2.05, 4.69) is 48.5 Å². The molecule has 2 N–H and O–H groups in total. The van der Waals surface area contributed by atoms with Crippen molar-refractivity contribution in [2.75, 3.05) is 26.9 Å². The lowest BCUT2D eigenvalue weighted by molar-refractivity contribution is -0.323. The molecule has 45 heavy (non-hydrogen) atoms. The number of benzene rings is 4. The molecular weight excluding hydrogens is 566 g/mol. The van der Waals surface area contributed by atoms with Gasteiger partial charge in [-0.25, -0.2) is 0 Å². The second-order valence-corrected chi connectivity index (χ2v) is 11.2. The molecule has 238 valence electrons. The predicted octanol–water partition coefficient (Wildman–Crippen LogP) is 5.87. The highest BCUT2D eigenvalue weighted by molar-refractivity contribution is 5.23. The lowest BCUT2D eigenvalue weighted by Crippen LogP contribution is -2.61. The Morgan fingerprint density at radius 3 is 1.51 bits per heavy atom. The van der Waals surface area contributed by atoms with Gasteiger partial charge >= 0.3 is 0 Å². The summed E-state index contributed by atoms with van der Waals surface area (Å²) in [4.78, 5) is 0. The first-order chi connectivity index (χ1) is 22.2. The highest BCUT2D eigenvalue weighted by Crippen LogP contribution is 2.31. The smallest absolute Gasteiger partial charge is 0.186 e. The quantitative estimate of drug-likeness (QED) is 0.150. The van der Waals surface area contributed by atoms with E-state index in [1.54, 1.807) is 7.11 Å². The second kappa shape index (κ2) is 17.9. The van der Waals surface area contributed by atoms with Crippen molar-refractivity contribution in [1.82, 2.24) is 0 Å². The standard InChI is InChI=1S/C38H45NO6/c1-40-38-37(44-27-33-15-9-4-10-16-33)36(43-26-32-13-7-3-8-14-32)35(42-25-31-11-5-2-6-12-31)34(45-38)28-41-24-22-30-19-17-29(18-20-30)21-23-39/h2-20,34-38H,21-28,39H2,1H3. The van der Waals surface area contributed by atoms with E-state index in [-0.39, 0.29) is 0 Å². The monoisotopic (exact) mass is 611 g/mol. The summed E-state index contributed by atoms with van der Waals surface area (Å²) in [6.07, 6.45) is -0.947. The molecule has 4 aromatic carbocycles. The van der Waals surface area contributed by atoms with Crippen molar-refractivity contribution in [1.29, 1.82) is 0 Å². The number of hydrogen-bond acceptors (Lipinski definition) is 7. The Bertz CT molecular complexity index is 1360. The normalized spacial score (nSPS) is 21.5. The molecule has 0 spiro atoms. The molecule has 4 aromatic rings. The van der Waals surface area contributed by atoms with Gasteiger partial charge in [0.05, 0.1) is 33.0 Å². The lowest BCUT2D eigenvalue weighted by atomic mass is 9.97. The summed E-state index contributed by atoms with van der Waals surface area (Å²) in [6, 6.07) is 38.9. The molecule has 7 heteroatoms. The van der Waals surface area contributed by atoms with Gasteiger partial charge in [0.25, 0.3) is 0 Å². The molecule has 1 aliphatic rings. The van der Waals surface area contributed by atoms with Crippen LogP contribution in [-0.2, 0) is 61.1 Å². The molecule has 0 amide bonds. The average Bonchev–Trinajstić information content (AvgIpc) is 3.09. The van der Waals surface area contributed by atoms with Gasteiger partial charge in [-0.1, -0.05) is 115 Å². The van der Waals surface area contributed by atoms with Gasteiger partial charge in [0.15, 0.2) is 6.29 Å². The molecule has 0 bridgehead atoms. The van der Waals surface area contributed by atoms with Gasteiger partial charge in [-0.15, -0.1) is 0 Å². The van der Waals surface area contributed by atoms with Gasteiger partial charge in [-0.3, -0.25) is 0 Å². The summed E-state index contributed by atoms with van der Waals surface area (Å²) in [5.41, 5.74) is 11.3. The van der Waals surface area contributed by atoms with Crippen molar-refractivity contribution in [2.24, 2.45) is 5.73 Å². The second-order valence-electron chi connectivity index (χ2n) is 11.2. The van der Waals surface area contributed by atoms with Gasteiger partial charge in [0, 0.05) is 7.11 Å². The zero-order valence-electron chi connectivity index (χ0n) is 26.0. The van der Waals surface area contributed by atoms with E-state index in [1.807, 2.05) is 66.7 Å². The first-order valence-corrected chi connectivity index (χ1v) is 15.7. The highest BCUT2D eigenvalue weighted by Gasteiger charge is 2.48. The fourth-order valence-electron chi connectivity index (χ4n) is 5.50. The highest BCUT2D eigenvalue weighted by atomic mass is 16.7. The van der Waals surface area contributed by atoms with Crippen molar-refractivity contribution < 1.29 is 28.4 Å². The van der Waals surface area contributed by atoms with Gasteiger partial charge in [-0.05, 0) is 47.2 Å². The fraction of sp³-hybridized carbons (Fsp3) is 0.368. The Hall–Kier alpha value is -3.40. The molecule has 1 heterocycles. The molecule has 1 aliphatic heterocycles. The van der Waals surface area contributed by atoms with E-state index in [4.69, 9.17) is 34.2 Å². The summed E-state index contributed by atoms with van der Waals surface area (Å²) >= 11 is 0. The van der Waals surface area contributed by atoms with Crippen LogP contribution < -0.4 is 5.73 Å². The molecule has 0 aliphatic carbocycles. The zero-order valence-corrected chi connectivity index (χ0v) is 26.0. The van der Waals surface area contributed by atoms with Crippen LogP contribution in [0, 0.1) is 0 Å². The van der Waals surface area contributed by atoms with Gasteiger partial charge in [0.2, 0.25) is 0 Å². The minimum absolute atomic E-state index is 0.321. The topological polar surface area (TPSA) is 81.4 Å². The van der Waals surface area contributed by atoms with E-state index in [9.17, 15) is 0 Å². The average molecular weight is 612 g/mol. The first-order valence-electron chi connectivity index (χ1n) is 15.7. The molecule has 1 saturated heterocycles. The third-order valence-electron chi connectivity index (χ3n) is 7.95. The van der Waals surface area contributed by atoms with Gasteiger partial charge in [0.1, 0.15) is 24.4 Å². The predicted molar refractivity (Wildman–Crippen MR) is 174 cm³/mol. The molecule has 5 unspecified atom stereocenters. The van der Waals surface area contributed by atoms with Crippen molar-refractivity contribution >= 4 is 0 Å². The maximum absolute atomic E-state index is 6.67. The molecular formula is C38H45NO6. The lowest BCUT2D eigenvalue weighted by Gasteiger charge is -2.45. The Labute approximate surface area is 267 Å². The molecule has 0 aromatic heterocycles. The summed E-state index contributed by atoms with van der Waals surface area (Å²) in [5, 5.41) is 0. The third kappa shape index (κ3) is 10.0. The van der Waals surface area contributed by atoms with E-state index in [0.29, 0.717) is 39.6 Å². The maximum Gasteiger partial charge on any atom is 0.186 e. The van der Waals surface area contributed by atoms with Crippen LogP contribution in [0.25, 0.3) is 0 Å². The zero-order chi connectivity index (χ0) is 31.1. The summed E-state index contributed by atoms with van der Waals surface area (Å²) in [6.45, 7) is 2.69. The van der Waals surface area contributed by atoms with Crippen LogP contribution in [0.4, 0.5) is 0 Å². The number of ether oxygens (including phenoxy) is 6. The SMILES string of the molecule is COC1OC(COCCc2ccc(CCN)cc2)C(OCc2ccccc2)C(OCc2ccccc2)C1OCc1ccccc1. The van der Waals surface area contributed by atoms with E-state index in [0.717, 1.165) is 29.5 Å². The maximum atomic E-state index is 6.67. The summed E-state index contributed by atoms with van der Waals surface area (Å²) in [7, 11) is 1.63. The minimum atomic E-state index is -0.672. The van der Waals surface area contributed by atoms with Crippen molar-refractivity contribution in [3.63, 3.8) is 0 Å². The van der Waals surface area contributed by atoms with E-state index < -0.39 is 30.7 Å². The van der Waals surface area contributed by atoms with Crippen molar-refractivity contribution in [3.8, 4) is 0 Å². The van der Waals surface area contributed by atoms with Crippen LogP contribution in [0.15, 0.2) is 115 Å². The van der Waals surface area contributed by atoms with Gasteiger partial charge < -0.3 is 34.2 Å². The third-order valence-corrected chi connectivity index (χ3v) is 7.95. The van der Waals surface area contributed by atoms with Crippen LogP contribution in [0.3, 0.4) is 0 Å². The molecule has 7 nitrogen and oxygen atoms in total. The van der Waals surface area contributed by atoms with Crippen LogP contribution in [0.2, 0.25) is 0 Å². The molecule has 0 radical (unpaired) electrons. The van der Waals surface area contributed by atoms with Crippen LogP contribution in [-0.4, -0.2) is 57.6 Å². The van der Waals surface area contributed by atoms with E-state index >= 15 is 0 Å². The Morgan fingerprint density at radius 2 is 1.02 bits per heavy atom. The Morgan fingerprint density at radius 1 is 0.556 bits per heavy atom. The van der Waals surface area contributed by atoms with Crippen molar-refractivity contribution in [3.05, 3.63) is 143 Å². The largest absolute Gasteiger partial charge is 0.378 e. The Balaban J connectivity index is 1.32.